The summed E-state index contributed by atoms with van der Waals surface area (Å²) in [4.78, 5) is 24.6. The van der Waals surface area contributed by atoms with Crippen molar-refractivity contribution in [3.8, 4) is 11.1 Å². The maximum Gasteiger partial charge on any atom is 0.338 e. The summed E-state index contributed by atoms with van der Waals surface area (Å²) in [5, 5.41) is 17.7. The van der Waals surface area contributed by atoms with E-state index in [1.807, 2.05) is 32.0 Å². The van der Waals surface area contributed by atoms with Crippen LogP contribution in [0.1, 0.15) is 46.0 Å². The normalized spacial score (nSPS) is 10.9. The van der Waals surface area contributed by atoms with Crippen molar-refractivity contribution in [2.24, 2.45) is 0 Å². The third-order valence-corrected chi connectivity index (χ3v) is 3.78. The maximum atomic E-state index is 12.3. The van der Waals surface area contributed by atoms with Gasteiger partial charge in [-0.05, 0) is 28.7 Å². The zero-order chi connectivity index (χ0) is 18.4. The maximum absolute atomic E-state index is 12.3. The van der Waals surface area contributed by atoms with Crippen LogP contribution in [0.2, 0.25) is 0 Å². The standard InChI is InChI=1S/C19H22O6/c1-12(2)13-4-3-5-14-15(10-13)17(19(23)25-9-7-21)11-16(14)18(22)24-8-6-20/h3-5,10-12,20-21H,6-9H2,1-2H3. The van der Waals surface area contributed by atoms with Crippen molar-refractivity contribution in [1.82, 2.24) is 0 Å². The number of fused-ring (bicyclic) bond motifs is 1. The van der Waals surface area contributed by atoms with Crippen LogP contribution in [-0.4, -0.2) is 48.6 Å². The van der Waals surface area contributed by atoms with Crippen molar-refractivity contribution in [2.45, 2.75) is 19.8 Å². The van der Waals surface area contributed by atoms with Gasteiger partial charge in [0.15, 0.2) is 0 Å². The molecule has 0 saturated heterocycles. The van der Waals surface area contributed by atoms with Gasteiger partial charge in [-0.1, -0.05) is 38.1 Å². The van der Waals surface area contributed by atoms with E-state index in [1.54, 1.807) is 6.07 Å². The van der Waals surface area contributed by atoms with E-state index in [0.717, 1.165) is 5.56 Å². The molecular formula is C19H22O6. The molecule has 0 bridgehead atoms. The van der Waals surface area contributed by atoms with E-state index >= 15 is 0 Å². The molecule has 0 amide bonds. The Morgan fingerprint density at radius 3 is 2.00 bits per heavy atom. The second-order valence-corrected chi connectivity index (χ2v) is 5.84. The van der Waals surface area contributed by atoms with Crippen LogP contribution in [0.25, 0.3) is 11.1 Å². The van der Waals surface area contributed by atoms with Crippen LogP contribution in [0.5, 0.6) is 0 Å². The third-order valence-electron chi connectivity index (χ3n) is 3.78. The summed E-state index contributed by atoms with van der Waals surface area (Å²) in [6.45, 7) is 3.27. The van der Waals surface area contributed by atoms with Gasteiger partial charge in [-0.15, -0.1) is 0 Å². The number of hydrogen-bond donors (Lipinski definition) is 2. The number of carbonyl (C=O) groups excluding carboxylic acids is 2. The SMILES string of the molecule is CC(C)c1cccc2c(C(=O)OCCO)cc(C(=O)OCCO)c-2c1. The highest BCUT2D eigenvalue weighted by molar-refractivity contribution is 6.08. The van der Waals surface area contributed by atoms with Gasteiger partial charge in [0.2, 0.25) is 0 Å². The van der Waals surface area contributed by atoms with Crippen molar-refractivity contribution in [3.05, 3.63) is 47.0 Å². The molecule has 0 aromatic carbocycles. The largest absolute Gasteiger partial charge is 0.460 e. The predicted octanol–water partition coefficient (Wildman–Crippen LogP) is 2.21. The highest BCUT2D eigenvalue weighted by atomic mass is 16.5. The number of rotatable bonds is 7. The predicted molar refractivity (Wildman–Crippen MR) is 91.9 cm³/mol. The summed E-state index contributed by atoms with van der Waals surface area (Å²) >= 11 is 0. The minimum absolute atomic E-state index is 0.119. The Kier molecular flexibility index (Phi) is 6.50. The lowest BCUT2D eigenvalue weighted by Crippen LogP contribution is -2.09. The van der Waals surface area contributed by atoms with Crippen LogP contribution in [0, 0.1) is 0 Å². The topological polar surface area (TPSA) is 93.1 Å². The first-order valence-corrected chi connectivity index (χ1v) is 8.12. The van der Waals surface area contributed by atoms with Gasteiger partial charge in [-0.3, -0.25) is 0 Å². The quantitative estimate of drug-likeness (QED) is 0.747. The van der Waals surface area contributed by atoms with Crippen molar-refractivity contribution in [2.75, 3.05) is 26.4 Å². The minimum atomic E-state index is -0.613. The Balaban J connectivity index is 2.54. The van der Waals surface area contributed by atoms with E-state index in [2.05, 4.69) is 0 Å². The number of carbonyl (C=O) groups is 2. The van der Waals surface area contributed by atoms with Gasteiger partial charge in [0.25, 0.3) is 0 Å². The summed E-state index contributed by atoms with van der Waals surface area (Å²) in [5.74, 6) is -0.990. The fourth-order valence-electron chi connectivity index (χ4n) is 2.52. The molecule has 2 aliphatic rings. The minimum Gasteiger partial charge on any atom is -0.460 e. The van der Waals surface area contributed by atoms with Gasteiger partial charge in [0.05, 0.1) is 24.3 Å². The smallest absolute Gasteiger partial charge is 0.338 e. The Morgan fingerprint density at radius 1 is 0.920 bits per heavy atom. The molecule has 6 heteroatoms. The van der Waals surface area contributed by atoms with Crippen LogP contribution in [0.15, 0.2) is 30.3 Å². The fraction of sp³-hybridized carbons (Fsp3) is 0.368. The number of aliphatic hydroxyl groups is 2. The van der Waals surface area contributed by atoms with E-state index in [-0.39, 0.29) is 43.5 Å². The Labute approximate surface area is 146 Å². The van der Waals surface area contributed by atoms with Gasteiger partial charge in [-0.2, -0.15) is 0 Å². The van der Waals surface area contributed by atoms with E-state index in [9.17, 15) is 9.59 Å². The molecule has 0 unspecified atom stereocenters. The molecule has 2 rings (SSSR count). The third kappa shape index (κ3) is 4.35. The molecular weight excluding hydrogens is 324 g/mol. The lowest BCUT2D eigenvalue weighted by atomic mass is 10.0. The zero-order valence-corrected chi connectivity index (χ0v) is 14.3. The van der Waals surface area contributed by atoms with Crippen molar-refractivity contribution >= 4 is 11.9 Å². The number of hydrogen-bond acceptors (Lipinski definition) is 6. The van der Waals surface area contributed by atoms with Gasteiger partial charge in [0.1, 0.15) is 13.2 Å². The Morgan fingerprint density at radius 2 is 1.48 bits per heavy atom. The van der Waals surface area contributed by atoms with E-state index in [4.69, 9.17) is 19.7 Å². The Bertz CT molecular complexity index is 722. The van der Waals surface area contributed by atoms with Crippen LogP contribution in [0.3, 0.4) is 0 Å². The van der Waals surface area contributed by atoms with Crippen molar-refractivity contribution < 1.29 is 29.3 Å². The number of aliphatic hydroxyl groups excluding tert-OH is 2. The Hall–Kier alpha value is -2.44. The summed E-state index contributed by atoms with van der Waals surface area (Å²) in [7, 11) is 0. The van der Waals surface area contributed by atoms with Crippen LogP contribution in [0.4, 0.5) is 0 Å². The average molecular weight is 346 g/mol. The van der Waals surface area contributed by atoms with Gasteiger partial charge >= 0.3 is 11.9 Å². The zero-order valence-electron chi connectivity index (χ0n) is 14.3. The van der Waals surface area contributed by atoms with E-state index in [1.165, 1.54) is 6.07 Å². The molecule has 0 aliphatic heterocycles. The summed E-state index contributed by atoms with van der Waals surface area (Å²) in [5.41, 5.74) is 2.66. The second-order valence-electron chi connectivity index (χ2n) is 5.84. The fourth-order valence-corrected chi connectivity index (χ4v) is 2.52. The van der Waals surface area contributed by atoms with Gasteiger partial charge in [0, 0.05) is 0 Å². The average Bonchev–Trinajstić information content (AvgIpc) is 2.80. The first-order valence-electron chi connectivity index (χ1n) is 8.12. The van der Waals surface area contributed by atoms with Crippen molar-refractivity contribution in [1.29, 1.82) is 0 Å². The lowest BCUT2D eigenvalue weighted by Gasteiger charge is -2.06. The highest BCUT2D eigenvalue weighted by Gasteiger charge is 2.26. The molecule has 2 aliphatic carbocycles. The number of ether oxygens (including phenoxy) is 2. The molecule has 0 spiro atoms. The van der Waals surface area contributed by atoms with E-state index in [0.29, 0.717) is 11.1 Å². The van der Waals surface area contributed by atoms with Gasteiger partial charge < -0.3 is 19.7 Å². The molecule has 134 valence electrons. The van der Waals surface area contributed by atoms with E-state index < -0.39 is 11.9 Å². The molecule has 0 heterocycles. The monoisotopic (exact) mass is 346 g/mol. The molecule has 0 atom stereocenters. The molecule has 6 nitrogen and oxygen atoms in total. The summed E-state index contributed by atoms with van der Waals surface area (Å²) < 4.78 is 10.00. The van der Waals surface area contributed by atoms with Crippen LogP contribution in [-0.2, 0) is 9.47 Å². The molecule has 25 heavy (non-hydrogen) atoms. The molecule has 0 saturated carbocycles. The van der Waals surface area contributed by atoms with Crippen LogP contribution >= 0.6 is 0 Å². The first kappa shape index (κ1) is 18.9. The summed E-state index contributed by atoms with van der Waals surface area (Å²) in [6, 6.07) is 8.80. The highest BCUT2D eigenvalue weighted by Crippen LogP contribution is 2.35. The molecule has 0 fully saturated rings. The first-order chi connectivity index (χ1) is 12.0. The number of esters is 2. The second kappa shape index (κ2) is 8.60. The molecule has 0 aromatic rings. The molecule has 0 radical (unpaired) electrons. The van der Waals surface area contributed by atoms with Crippen LogP contribution < -0.4 is 0 Å². The summed E-state index contributed by atoms with van der Waals surface area (Å²) in [6.07, 6.45) is 0. The molecule has 2 N–H and O–H groups in total. The van der Waals surface area contributed by atoms with Crippen molar-refractivity contribution in [3.63, 3.8) is 0 Å². The van der Waals surface area contributed by atoms with Gasteiger partial charge in [-0.25, -0.2) is 9.59 Å². The lowest BCUT2D eigenvalue weighted by molar-refractivity contribution is 0.0435. The molecule has 0 aromatic heterocycles.